The molecule has 1 N–H and O–H groups in total. The number of hydrogen-bond donors (Lipinski definition) is 1. The Morgan fingerprint density at radius 1 is 1.60 bits per heavy atom. The first-order chi connectivity index (χ1) is 9.65. The smallest absolute Gasteiger partial charge is 0.411 e. The summed E-state index contributed by atoms with van der Waals surface area (Å²) < 4.78 is 4.99. The van der Waals surface area contributed by atoms with Crippen LogP contribution in [0.3, 0.4) is 0 Å². The summed E-state index contributed by atoms with van der Waals surface area (Å²) in [6.45, 7) is 3.53. The highest BCUT2D eigenvalue weighted by Gasteiger charge is 2.42. The van der Waals surface area contributed by atoms with E-state index in [1.54, 1.807) is 18.3 Å². The molecule has 106 valence electrons. The van der Waals surface area contributed by atoms with Crippen molar-refractivity contribution in [3.8, 4) is 0 Å². The van der Waals surface area contributed by atoms with Crippen LogP contribution in [0.4, 0.5) is 4.79 Å². The van der Waals surface area contributed by atoms with Crippen LogP contribution in [-0.2, 0) is 9.53 Å². The lowest BCUT2D eigenvalue weighted by Crippen LogP contribution is -2.41. The first-order valence-electron chi connectivity index (χ1n) is 6.34. The predicted molar refractivity (Wildman–Crippen MR) is 71.0 cm³/mol. The Morgan fingerprint density at radius 3 is 2.85 bits per heavy atom. The molecule has 0 aromatic carbocycles. The van der Waals surface area contributed by atoms with Crippen molar-refractivity contribution in [2.45, 2.75) is 24.9 Å². The average Bonchev–Trinajstić information content (AvgIpc) is 3.27. The van der Waals surface area contributed by atoms with Crippen molar-refractivity contribution in [1.82, 2.24) is 9.88 Å². The summed E-state index contributed by atoms with van der Waals surface area (Å²) in [5.74, 6) is -1.10. The molecular weight excluding hydrogens is 260 g/mol. The van der Waals surface area contributed by atoms with Crippen molar-refractivity contribution in [2.75, 3.05) is 6.61 Å². The van der Waals surface area contributed by atoms with Gasteiger partial charge in [0.15, 0.2) is 6.04 Å². The average molecular weight is 276 g/mol. The third kappa shape index (κ3) is 3.14. The van der Waals surface area contributed by atoms with Gasteiger partial charge in [0.1, 0.15) is 6.61 Å². The van der Waals surface area contributed by atoms with Gasteiger partial charge >= 0.3 is 12.1 Å². The van der Waals surface area contributed by atoms with Crippen LogP contribution in [0.2, 0.25) is 0 Å². The highest BCUT2D eigenvalue weighted by molar-refractivity contribution is 5.82. The van der Waals surface area contributed by atoms with Crippen LogP contribution in [0.1, 0.15) is 24.4 Å². The third-order valence-corrected chi connectivity index (χ3v) is 2.99. The molecule has 1 atom stereocenters. The summed E-state index contributed by atoms with van der Waals surface area (Å²) in [4.78, 5) is 28.8. The lowest BCUT2D eigenvalue weighted by atomic mass is 10.1. The Kier molecular flexibility index (Phi) is 4.34. The maximum Gasteiger partial charge on any atom is 0.411 e. The molecule has 20 heavy (non-hydrogen) atoms. The van der Waals surface area contributed by atoms with Gasteiger partial charge in [-0.3, -0.25) is 9.88 Å². The molecule has 0 radical (unpaired) electrons. The topological polar surface area (TPSA) is 79.7 Å². The molecule has 6 heteroatoms. The van der Waals surface area contributed by atoms with Gasteiger partial charge in [-0.05, 0) is 18.9 Å². The number of carboxylic acid groups (broad SMARTS) is 1. The molecular formula is C14H16N2O4. The Balaban J connectivity index is 2.26. The number of ether oxygens (including phenoxy) is 1. The van der Waals surface area contributed by atoms with Crippen molar-refractivity contribution < 1.29 is 19.4 Å². The van der Waals surface area contributed by atoms with Crippen LogP contribution in [0.25, 0.3) is 0 Å². The fourth-order valence-electron chi connectivity index (χ4n) is 1.98. The van der Waals surface area contributed by atoms with E-state index in [0.717, 1.165) is 12.8 Å². The standard InChI is InChI=1S/C14H16N2O4/c1-2-8-20-14(19)16(11-5-6-11)12(13(17)18)10-4-3-7-15-9-10/h2-4,7,9,11-12H,1,5-6,8H2,(H,17,18). The largest absolute Gasteiger partial charge is 0.479 e. The molecule has 6 nitrogen and oxygen atoms in total. The zero-order valence-corrected chi connectivity index (χ0v) is 10.9. The highest BCUT2D eigenvalue weighted by atomic mass is 16.6. The van der Waals surface area contributed by atoms with E-state index in [2.05, 4.69) is 11.6 Å². The predicted octanol–water partition coefficient (Wildman–Crippen LogP) is 1.99. The van der Waals surface area contributed by atoms with Crippen molar-refractivity contribution in [3.05, 3.63) is 42.7 Å². The molecule has 2 rings (SSSR count). The van der Waals surface area contributed by atoms with E-state index < -0.39 is 18.1 Å². The van der Waals surface area contributed by atoms with Crippen molar-refractivity contribution in [2.24, 2.45) is 0 Å². The zero-order chi connectivity index (χ0) is 14.5. The molecule has 0 saturated heterocycles. The van der Waals surface area contributed by atoms with Gasteiger partial charge in [-0.1, -0.05) is 18.7 Å². The molecule has 1 aliphatic carbocycles. The summed E-state index contributed by atoms with van der Waals surface area (Å²) in [6.07, 6.45) is 5.39. The fourth-order valence-corrected chi connectivity index (χ4v) is 1.98. The lowest BCUT2D eigenvalue weighted by molar-refractivity contribution is -0.143. The van der Waals surface area contributed by atoms with Crippen LogP contribution < -0.4 is 0 Å². The van der Waals surface area contributed by atoms with Crippen LogP contribution in [0, 0.1) is 0 Å². The molecule has 1 aliphatic rings. The molecule has 1 unspecified atom stereocenters. The maximum absolute atomic E-state index is 12.1. The minimum Gasteiger partial charge on any atom is -0.479 e. The summed E-state index contributed by atoms with van der Waals surface area (Å²) in [6, 6.07) is 2.12. The number of carboxylic acids is 1. The number of carbonyl (C=O) groups excluding carboxylic acids is 1. The Bertz CT molecular complexity index is 499. The van der Waals surface area contributed by atoms with Crippen LogP contribution in [0.5, 0.6) is 0 Å². The van der Waals surface area contributed by atoms with Gasteiger partial charge < -0.3 is 9.84 Å². The van der Waals surface area contributed by atoms with E-state index in [1.165, 1.54) is 17.2 Å². The first-order valence-corrected chi connectivity index (χ1v) is 6.34. The second-order valence-electron chi connectivity index (χ2n) is 4.53. The summed E-state index contributed by atoms with van der Waals surface area (Å²) >= 11 is 0. The minimum absolute atomic E-state index is 0.0570. The van der Waals surface area contributed by atoms with E-state index in [9.17, 15) is 14.7 Å². The minimum atomic E-state index is -1.10. The molecule has 1 heterocycles. The van der Waals surface area contributed by atoms with E-state index in [0.29, 0.717) is 5.56 Å². The van der Waals surface area contributed by atoms with E-state index in [4.69, 9.17) is 4.74 Å². The van der Waals surface area contributed by atoms with Crippen LogP contribution in [-0.4, -0.2) is 39.7 Å². The summed E-state index contributed by atoms with van der Waals surface area (Å²) in [5.41, 5.74) is 0.461. The quantitative estimate of drug-likeness (QED) is 0.804. The third-order valence-electron chi connectivity index (χ3n) is 2.99. The number of pyridine rings is 1. The molecule has 1 aromatic rings. The number of carbonyl (C=O) groups is 2. The normalized spacial score (nSPS) is 15.2. The highest BCUT2D eigenvalue weighted by Crippen LogP contribution is 2.35. The van der Waals surface area contributed by atoms with Gasteiger partial charge in [0.25, 0.3) is 0 Å². The first kappa shape index (κ1) is 14.0. The lowest BCUT2D eigenvalue weighted by Gasteiger charge is -2.28. The molecule has 1 amide bonds. The number of hydrogen-bond acceptors (Lipinski definition) is 4. The number of amides is 1. The van der Waals surface area contributed by atoms with Crippen molar-refractivity contribution in [1.29, 1.82) is 0 Å². The van der Waals surface area contributed by atoms with Gasteiger partial charge in [-0.2, -0.15) is 0 Å². The van der Waals surface area contributed by atoms with Crippen molar-refractivity contribution in [3.63, 3.8) is 0 Å². The second kappa shape index (κ2) is 6.18. The number of aliphatic carboxylic acids is 1. The van der Waals surface area contributed by atoms with Gasteiger partial charge in [-0.25, -0.2) is 9.59 Å². The Labute approximate surface area is 116 Å². The van der Waals surface area contributed by atoms with Crippen LogP contribution in [0.15, 0.2) is 37.2 Å². The Morgan fingerprint density at radius 2 is 2.35 bits per heavy atom. The molecule has 0 aliphatic heterocycles. The molecule has 0 bridgehead atoms. The number of aromatic nitrogens is 1. The van der Waals surface area contributed by atoms with E-state index in [-0.39, 0.29) is 12.6 Å². The maximum atomic E-state index is 12.1. The van der Waals surface area contributed by atoms with Gasteiger partial charge in [0.2, 0.25) is 0 Å². The van der Waals surface area contributed by atoms with E-state index >= 15 is 0 Å². The zero-order valence-electron chi connectivity index (χ0n) is 10.9. The second-order valence-corrected chi connectivity index (χ2v) is 4.53. The van der Waals surface area contributed by atoms with Gasteiger partial charge in [0.05, 0.1) is 0 Å². The molecule has 1 saturated carbocycles. The summed E-state index contributed by atoms with van der Waals surface area (Å²) in [5, 5.41) is 9.45. The van der Waals surface area contributed by atoms with Crippen molar-refractivity contribution >= 4 is 12.1 Å². The van der Waals surface area contributed by atoms with Crippen LogP contribution >= 0.6 is 0 Å². The molecule has 0 spiro atoms. The fraction of sp³-hybridized carbons (Fsp3) is 0.357. The Hall–Kier alpha value is -2.37. The number of nitrogens with zero attached hydrogens (tertiary/aromatic N) is 2. The number of rotatable bonds is 6. The van der Waals surface area contributed by atoms with E-state index in [1.807, 2.05) is 0 Å². The van der Waals surface area contributed by atoms with Gasteiger partial charge in [0, 0.05) is 24.0 Å². The SMILES string of the molecule is C=CCOC(=O)N(C1CC1)C(C(=O)O)c1cccnc1. The summed E-state index contributed by atoms with van der Waals surface area (Å²) in [7, 11) is 0. The monoisotopic (exact) mass is 276 g/mol. The molecule has 1 fully saturated rings. The van der Waals surface area contributed by atoms with Gasteiger partial charge in [-0.15, -0.1) is 0 Å². The molecule has 1 aromatic heterocycles.